The van der Waals surface area contributed by atoms with E-state index in [1.807, 2.05) is 6.07 Å². The molecule has 2 aromatic carbocycles. The Kier molecular flexibility index (Phi) is 4.73. The standard InChI is InChI=1S/C16H16N2O4/c1-11-8-9-14(15(10-11)18(20)21)17-16(19)12(2)22-13-6-4-3-5-7-13/h3-10,12H,1-2H3,(H,17,19). The fourth-order valence-corrected chi connectivity index (χ4v) is 1.89. The van der Waals surface area contributed by atoms with E-state index in [0.29, 0.717) is 5.75 Å². The molecule has 0 aliphatic carbocycles. The molecule has 0 radical (unpaired) electrons. The Hall–Kier alpha value is -2.89. The van der Waals surface area contributed by atoms with Gasteiger partial charge in [0.25, 0.3) is 11.6 Å². The van der Waals surface area contributed by atoms with Crippen molar-refractivity contribution in [3.63, 3.8) is 0 Å². The molecule has 6 nitrogen and oxygen atoms in total. The van der Waals surface area contributed by atoms with Crippen LogP contribution >= 0.6 is 0 Å². The number of ether oxygens (including phenoxy) is 1. The van der Waals surface area contributed by atoms with Gasteiger partial charge in [0.1, 0.15) is 11.4 Å². The minimum absolute atomic E-state index is 0.139. The quantitative estimate of drug-likeness (QED) is 0.678. The van der Waals surface area contributed by atoms with Crippen LogP contribution in [-0.2, 0) is 4.79 Å². The fourth-order valence-electron chi connectivity index (χ4n) is 1.89. The highest BCUT2D eigenvalue weighted by molar-refractivity contribution is 5.96. The van der Waals surface area contributed by atoms with Crippen LogP contribution in [0.5, 0.6) is 5.75 Å². The maximum absolute atomic E-state index is 12.1. The summed E-state index contributed by atoms with van der Waals surface area (Å²) in [5.41, 5.74) is 0.766. The van der Waals surface area contributed by atoms with Crippen molar-refractivity contribution in [2.45, 2.75) is 20.0 Å². The zero-order valence-electron chi connectivity index (χ0n) is 12.3. The van der Waals surface area contributed by atoms with Crippen molar-refractivity contribution in [3.05, 3.63) is 64.2 Å². The second kappa shape index (κ2) is 6.71. The largest absolute Gasteiger partial charge is 0.481 e. The van der Waals surface area contributed by atoms with Crippen molar-refractivity contribution in [2.24, 2.45) is 0 Å². The average molecular weight is 300 g/mol. The number of anilines is 1. The third-order valence-corrected chi connectivity index (χ3v) is 3.03. The third kappa shape index (κ3) is 3.82. The smallest absolute Gasteiger partial charge is 0.293 e. The first-order valence-electron chi connectivity index (χ1n) is 6.75. The fraction of sp³-hybridized carbons (Fsp3) is 0.188. The second-order valence-corrected chi connectivity index (χ2v) is 4.84. The molecule has 0 fully saturated rings. The summed E-state index contributed by atoms with van der Waals surface area (Å²) in [6.07, 6.45) is -0.775. The number of carbonyl (C=O) groups is 1. The van der Waals surface area contributed by atoms with Gasteiger partial charge < -0.3 is 10.1 Å². The molecule has 0 saturated carbocycles. The number of nitro benzene ring substituents is 1. The summed E-state index contributed by atoms with van der Waals surface area (Å²) in [7, 11) is 0. The molecule has 2 rings (SSSR count). The number of amides is 1. The Morgan fingerprint density at radius 1 is 1.23 bits per heavy atom. The molecule has 1 unspecified atom stereocenters. The molecule has 0 aliphatic heterocycles. The summed E-state index contributed by atoms with van der Waals surface area (Å²) in [6.45, 7) is 3.34. The molecule has 0 aliphatic rings. The van der Waals surface area contributed by atoms with Crippen LogP contribution in [0.4, 0.5) is 11.4 Å². The van der Waals surface area contributed by atoms with Crippen LogP contribution in [0.25, 0.3) is 0 Å². The Labute approximate surface area is 127 Å². The lowest BCUT2D eigenvalue weighted by Crippen LogP contribution is -2.30. The number of aryl methyl sites for hydroxylation is 1. The molecule has 0 saturated heterocycles. The van der Waals surface area contributed by atoms with Gasteiger partial charge in [0.2, 0.25) is 0 Å². The number of nitrogens with one attached hydrogen (secondary N) is 1. The van der Waals surface area contributed by atoms with Crippen molar-refractivity contribution in [3.8, 4) is 5.75 Å². The highest BCUT2D eigenvalue weighted by Gasteiger charge is 2.20. The number of benzene rings is 2. The lowest BCUT2D eigenvalue weighted by atomic mass is 10.2. The minimum Gasteiger partial charge on any atom is -0.481 e. The van der Waals surface area contributed by atoms with Gasteiger partial charge >= 0.3 is 0 Å². The normalized spacial score (nSPS) is 11.5. The van der Waals surface area contributed by atoms with Gasteiger partial charge in [-0.2, -0.15) is 0 Å². The van der Waals surface area contributed by atoms with Crippen LogP contribution < -0.4 is 10.1 Å². The van der Waals surface area contributed by atoms with E-state index in [-0.39, 0.29) is 11.4 Å². The third-order valence-electron chi connectivity index (χ3n) is 3.03. The van der Waals surface area contributed by atoms with Crippen molar-refractivity contribution in [1.82, 2.24) is 0 Å². The van der Waals surface area contributed by atoms with Crippen LogP contribution in [0.15, 0.2) is 48.5 Å². The van der Waals surface area contributed by atoms with E-state index in [1.165, 1.54) is 12.1 Å². The molecule has 0 spiro atoms. The molecule has 0 bridgehead atoms. The van der Waals surface area contributed by atoms with Gasteiger partial charge in [-0.15, -0.1) is 0 Å². The van der Waals surface area contributed by atoms with E-state index in [0.717, 1.165) is 5.56 Å². The number of para-hydroxylation sites is 1. The van der Waals surface area contributed by atoms with E-state index >= 15 is 0 Å². The molecule has 0 heterocycles. The summed E-state index contributed by atoms with van der Waals surface area (Å²) in [4.78, 5) is 22.6. The van der Waals surface area contributed by atoms with Gasteiger partial charge in [0.05, 0.1) is 4.92 Å². The lowest BCUT2D eigenvalue weighted by Gasteiger charge is -2.14. The molecule has 0 aromatic heterocycles. The predicted molar refractivity (Wildman–Crippen MR) is 83.0 cm³/mol. The Morgan fingerprint density at radius 3 is 2.55 bits per heavy atom. The van der Waals surface area contributed by atoms with E-state index in [2.05, 4.69) is 5.32 Å². The zero-order valence-corrected chi connectivity index (χ0v) is 12.3. The van der Waals surface area contributed by atoms with E-state index < -0.39 is 16.9 Å². The molecule has 22 heavy (non-hydrogen) atoms. The van der Waals surface area contributed by atoms with Crippen LogP contribution in [-0.4, -0.2) is 16.9 Å². The topological polar surface area (TPSA) is 81.5 Å². The Morgan fingerprint density at radius 2 is 1.91 bits per heavy atom. The number of nitrogens with zero attached hydrogens (tertiary/aromatic N) is 1. The van der Waals surface area contributed by atoms with Crippen molar-refractivity contribution < 1.29 is 14.5 Å². The van der Waals surface area contributed by atoms with E-state index in [4.69, 9.17) is 4.74 Å². The van der Waals surface area contributed by atoms with Gasteiger partial charge in [-0.25, -0.2) is 0 Å². The maximum Gasteiger partial charge on any atom is 0.293 e. The maximum atomic E-state index is 12.1. The van der Waals surface area contributed by atoms with Crippen LogP contribution in [0.2, 0.25) is 0 Å². The molecular formula is C16H16N2O4. The highest BCUT2D eigenvalue weighted by Crippen LogP contribution is 2.25. The first-order valence-corrected chi connectivity index (χ1v) is 6.75. The van der Waals surface area contributed by atoms with Gasteiger partial charge in [0.15, 0.2) is 6.10 Å². The molecule has 2 aromatic rings. The van der Waals surface area contributed by atoms with Crippen LogP contribution in [0.3, 0.4) is 0 Å². The van der Waals surface area contributed by atoms with Crippen LogP contribution in [0, 0.1) is 17.0 Å². The number of carbonyl (C=O) groups excluding carboxylic acids is 1. The molecule has 1 atom stereocenters. The average Bonchev–Trinajstić information content (AvgIpc) is 2.49. The van der Waals surface area contributed by atoms with Crippen molar-refractivity contribution in [1.29, 1.82) is 0 Å². The van der Waals surface area contributed by atoms with Gasteiger partial charge in [-0.3, -0.25) is 14.9 Å². The zero-order chi connectivity index (χ0) is 16.1. The van der Waals surface area contributed by atoms with E-state index in [1.54, 1.807) is 44.2 Å². The summed E-state index contributed by atoms with van der Waals surface area (Å²) < 4.78 is 5.49. The molecule has 6 heteroatoms. The number of rotatable bonds is 5. The number of hydrogen-bond donors (Lipinski definition) is 1. The van der Waals surface area contributed by atoms with Crippen LogP contribution in [0.1, 0.15) is 12.5 Å². The van der Waals surface area contributed by atoms with Crippen molar-refractivity contribution in [2.75, 3.05) is 5.32 Å². The Balaban J connectivity index is 2.10. The minimum atomic E-state index is -0.775. The Bertz CT molecular complexity index is 686. The molecule has 114 valence electrons. The first kappa shape index (κ1) is 15.5. The molecule has 1 amide bonds. The highest BCUT2D eigenvalue weighted by atomic mass is 16.6. The number of hydrogen-bond acceptors (Lipinski definition) is 4. The monoisotopic (exact) mass is 300 g/mol. The SMILES string of the molecule is Cc1ccc(NC(=O)C(C)Oc2ccccc2)c([N+](=O)[O-])c1. The predicted octanol–water partition coefficient (Wildman–Crippen LogP) is 3.31. The summed E-state index contributed by atoms with van der Waals surface area (Å²) >= 11 is 0. The molecule has 1 N–H and O–H groups in total. The lowest BCUT2D eigenvalue weighted by molar-refractivity contribution is -0.384. The summed E-state index contributed by atoms with van der Waals surface area (Å²) in [5.74, 6) is 0.111. The summed E-state index contributed by atoms with van der Waals surface area (Å²) in [5, 5.41) is 13.6. The second-order valence-electron chi connectivity index (χ2n) is 4.84. The van der Waals surface area contributed by atoms with Gasteiger partial charge in [-0.05, 0) is 37.6 Å². The molecular weight excluding hydrogens is 284 g/mol. The van der Waals surface area contributed by atoms with Gasteiger partial charge in [-0.1, -0.05) is 24.3 Å². The van der Waals surface area contributed by atoms with E-state index in [9.17, 15) is 14.9 Å². The van der Waals surface area contributed by atoms with Crippen molar-refractivity contribution >= 4 is 17.3 Å². The first-order chi connectivity index (χ1) is 10.5. The van der Waals surface area contributed by atoms with Gasteiger partial charge in [0, 0.05) is 6.07 Å². The number of nitro groups is 1. The summed E-state index contributed by atoms with van der Waals surface area (Å²) in [6, 6.07) is 13.5.